The molecule has 1 N–H and O–H groups in total. The predicted molar refractivity (Wildman–Crippen MR) is 130 cm³/mol. The predicted octanol–water partition coefficient (Wildman–Crippen LogP) is 5.31. The first-order chi connectivity index (χ1) is 15.5. The summed E-state index contributed by atoms with van der Waals surface area (Å²) in [6.07, 6.45) is 5.53. The van der Waals surface area contributed by atoms with Crippen molar-refractivity contribution in [2.75, 3.05) is 12.9 Å². The number of hydrogen-bond donors (Lipinski definition) is 1. The number of carbonyl (C=O) groups excluding carboxylic acids is 2. The molecule has 2 aromatic carbocycles. The highest BCUT2D eigenvalue weighted by Gasteiger charge is 2.28. The number of amides is 2. The zero-order valence-electron chi connectivity index (χ0n) is 18.7. The van der Waals surface area contributed by atoms with Crippen molar-refractivity contribution in [3.8, 4) is 5.75 Å². The zero-order chi connectivity index (χ0) is 22.9. The van der Waals surface area contributed by atoms with E-state index in [9.17, 15) is 9.59 Å². The average Bonchev–Trinajstić information content (AvgIpc) is 2.82. The molecule has 7 heteroatoms. The zero-order valence-corrected chi connectivity index (χ0v) is 20.3. The minimum absolute atomic E-state index is 0.0842. The lowest BCUT2D eigenvalue weighted by Gasteiger charge is -2.31. The van der Waals surface area contributed by atoms with Gasteiger partial charge in [-0.25, -0.2) is 0 Å². The molecule has 1 aliphatic carbocycles. The Morgan fingerprint density at radius 3 is 2.56 bits per heavy atom. The number of methoxy groups -OCH3 is 1. The van der Waals surface area contributed by atoms with Crippen LogP contribution in [0, 0.1) is 0 Å². The van der Waals surface area contributed by atoms with Crippen molar-refractivity contribution < 1.29 is 14.3 Å². The van der Waals surface area contributed by atoms with Gasteiger partial charge in [0.15, 0.2) is 0 Å². The van der Waals surface area contributed by atoms with E-state index in [4.69, 9.17) is 16.3 Å². The molecule has 2 aromatic rings. The number of halogens is 1. The lowest BCUT2D eigenvalue weighted by Crippen LogP contribution is -2.50. The molecule has 0 radical (unpaired) electrons. The molecule has 0 unspecified atom stereocenters. The molecule has 172 valence electrons. The molecule has 0 aliphatic heterocycles. The van der Waals surface area contributed by atoms with E-state index in [1.54, 1.807) is 12.0 Å². The van der Waals surface area contributed by atoms with Crippen LogP contribution in [0.15, 0.2) is 53.4 Å². The molecule has 2 amide bonds. The maximum atomic E-state index is 13.2. The van der Waals surface area contributed by atoms with Gasteiger partial charge in [0.25, 0.3) is 0 Å². The Bertz CT molecular complexity index is 900. The molecule has 0 bridgehead atoms. The quantitative estimate of drug-likeness (QED) is 0.500. The second-order valence-corrected chi connectivity index (χ2v) is 9.62. The van der Waals surface area contributed by atoms with Crippen molar-refractivity contribution in [2.45, 2.75) is 62.6 Å². The van der Waals surface area contributed by atoms with Crippen molar-refractivity contribution in [3.63, 3.8) is 0 Å². The molecule has 0 aromatic heterocycles. The summed E-state index contributed by atoms with van der Waals surface area (Å²) >= 11 is 7.40. The fourth-order valence-corrected chi connectivity index (χ4v) is 4.79. The molecule has 0 saturated heterocycles. The minimum Gasteiger partial charge on any atom is -0.497 e. The van der Waals surface area contributed by atoms with Crippen LogP contribution >= 0.6 is 23.4 Å². The summed E-state index contributed by atoms with van der Waals surface area (Å²) in [7, 11) is 1.62. The van der Waals surface area contributed by atoms with Gasteiger partial charge < -0.3 is 15.0 Å². The smallest absolute Gasteiger partial charge is 0.242 e. The van der Waals surface area contributed by atoms with Crippen molar-refractivity contribution in [1.82, 2.24) is 10.2 Å². The van der Waals surface area contributed by atoms with Crippen molar-refractivity contribution in [2.24, 2.45) is 0 Å². The summed E-state index contributed by atoms with van der Waals surface area (Å²) in [5.74, 6) is 0.792. The molecular weight excluding hydrogens is 444 g/mol. The minimum atomic E-state index is -0.568. The number of nitrogens with zero attached hydrogens (tertiary/aromatic N) is 1. The second kappa shape index (κ2) is 12.2. The molecule has 0 spiro atoms. The highest BCUT2D eigenvalue weighted by atomic mass is 35.5. The third kappa shape index (κ3) is 7.17. The summed E-state index contributed by atoms with van der Waals surface area (Å²) in [4.78, 5) is 28.9. The average molecular weight is 475 g/mol. The Labute approximate surface area is 199 Å². The molecule has 32 heavy (non-hydrogen) atoms. The number of benzene rings is 2. The highest BCUT2D eigenvalue weighted by molar-refractivity contribution is 8.00. The van der Waals surface area contributed by atoms with Crippen molar-refractivity contribution in [1.29, 1.82) is 0 Å². The van der Waals surface area contributed by atoms with Gasteiger partial charge in [0.05, 0.1) is 12.9 Å². The summed E-state index contributed by atoms with van der Waals surface area (Å²) in [6.45, 7) is 2.15. The number of rotatable bonds is 9. The third-order valence-corrected chi connectivity index (χ3v) is 7.03. The van der Waals surface area contributed by atoms with Gasteiger partial charge in [0, 0.05) is 22.5 Å². The molecule has 1 fully saturated rings. The SMILES string of the molecule is COc1cccc(CN(C(=O)CSc2ccc(Cl)cc2)[C@H](C)C(=O)NC2CCCCC2)c1. The van der Waals surface area contributed by atoms with E-state index in [1.165, 1.54) is 18.2 Å². The first kappa shape index (κ1) is 24.5. The van der Waals surface area contributed by atoms with Crippen LogP contribution < -0.4 is 10.1 Å². The van der Waals surface area contributed by atoms with Crippen LogP contribution in [0.4, 0.5) is 0 Å². The van der Waals surface area contributed by atoms with E-state index in [1.807, 2.05) is 55.5 Å². The van der Waals surface area contributed by atoms with Crippen LogP contribution in [0.5, 0.6) is 5.75 Å². The van der Waals surface area contributed by atoms with Crippen LogP contribution in [-0.4, -0.2) is 41.7 Å². The monoisotopic (exact) mass is 474 g/mol. The van der Waals surface area contributed by atoms with Gasteiger partial charge in [-0.05, 0) is 61.7 Å². The number of carbonyl (C=O) groups is 2. The van der Waals surface area contributed by atoms with Gasteiger partial charge in [-0.3, -0.25) is 9.59 Å². The van der Waals surface area contributed by atoms with Crippen LogP contribution in [0.1, 0.15) is 44.6 Å². The normalized spacial score (nSPS) is 15.1. The molecule has 3 rings (SSSR count). The molecule has 1 saturated carbocycles. The van der Waals surface area contributed by atoms with Gasteiger partial charge in [-0.15, -0.1) is 11.8 Å². The van der Waals surface area contributed by atoms with E-state index in [-0.39, 0.29) is 23.6 Å². The van der Waals surface area contributed by atoms with Crippen LogP contribution in [-0.2, 0) is 16.1 Å². The highest BCUT2D eigenvalue weighted by Crippen LogP contribution is 2.23. The first-order valence-electron chi connectivity index (χ1n) is 11.1. The third-order valence-electron chi connectivity index (χ3n) is 5.78. The first-order valence-corrected chi connectivity index (χ1v) is 12.4. The van der Waals surface area contributed by atoms with E-state index in [2.05, 4.69) is 5.32 Å². The van der Waals surface area contributed by atoms with Crippen LogP contribution in [0.2, 0.25) is 5.02 Å². The van der Waals surface area contributed by atoms with Gasteiger partial charge in [-0.2, -0.15) is 0 Å². The Balaban J connectivity index is 1.71. The summed E-state index contributed by atoms with van der Waals surface area (Å²) in [6, 6.07) is 14.6. The molecular formula is C25H31ClN2O3S. The van der Waals surface area contributed by atoms with Crippen LogP contribution in [0.25, 0.3) is 0 Å². The van der Waals surface area contributed by atoms with E-state index in [0.29, 0.717) is 11.6 Å². The largest absolute Gasteiger partial charge is 0.497 e. The second-order valence-electron chi connectivity index (χ2n) is 8.14. The molecule has 0 heterocycles. The van der Waals surface area contributed by atoms with E-state index < -0.39 is 6.04 Å². The maximum Gasteiger partial charge on any atom is 0.242 e. The molecule has 1 aliphatic rings. The summed E-state index contributed by atoms with van der Waals surface area (Å²) < 4.78 is 5.32. The Kier molecular flexibility index (Phi) is 9.30. The van der Waals surface area contributed by atoms with E-state index >= 15 is 0 Å². The molecule has 1 atom stereocenters. The Hall–Kier alpha value is -2.18. The fourth-order valence-electron chi connectivity index (χ4n) is 3.88. The number of ether oxygens (including phenoxy) is 1. The van der Waals surface area contributed by atoms with Gasteiger partial charge in [0.2, 0.25) is 11.8 Å². The lowest BCUT2D eigenvalue weighted by atomic mass is 9.95. The fraction of sp³-hybridized carbons (Fsp3) is 0.440. The standard InChI is InChI=1S/C25H31ClN2O3S/c1-18(25(30)27-21-8-4-3-5-9-21)28(16-19-7-6-10-22(15-19)31-2)24(29)17-32-23-13-11-20(26)12-14-23/h6-7,10-15,18,21H,3-5,8-9,16-17H2,1-2H3,(H,27,30)/t18-/m1/s1. The summed E-state index contributed by atoms with van der Waals surface area (Å²) in [5, 5.41) is 3.82. The Morgan fingerprint density at radius 1 is 1.16 bits per heavy atom. The number of thioether (sulfide) groups is 1. The van der Waals surface area contributed by atoms with E-state index in [0.717, 1.165) is 41.9 Å². The molecule has 5 nitrogen and oxygen atoms in total. The van der Waals surface area contributed by atoms with Gasteiger partial charge in [0.1, 0.15) is 11.8 Å². The van der Waals surface area contributed by atoms with Gasteiger partial charge >= 0.3 is 0 Å². The lowest BCUT2D eigenvalue weighted by molar-refractivity contribution is -0.139. The number of hydrogen-bond acceptors (Lipinski definition) is 4. The maximum absolute atomic E-state index is 13.2. The van der Waals surface area contributed by atoms with Gasteiger partial charge in [-0.1, -0.05) is 43.0 Å². The Morgan fingerprint density at radius 2 is 1.88 bits per heavy atom. The van der Waals surface area contributed by atoms with Crippen molar-refractivity contribution in [3.05, 3.63) is 59.1 Å². The topological polar surface area (TPSA) is 58.6 Å². The van der Waals surface area contributed by atoms with Crippen molar-refractivity contribution >= 4 is 35.2 Å². The summed E-state index contributed by atoms with van der Waals surface area (Å²) in [5.41, 5.74) is 0.923. The number of nitrogens with one attached hydrogen (secondary N) is 1. The van der Waals surface area contributed by atoms with Crippen LogP contribution in [0.3, 0.4) is 0 Å².